The van der Waals surface area contributed by atoms with E-state index in [4.69, 9.17) is 4.42 Å². The van der Waals surface area contributed by atoms with Crippen LogP contribution in [0.15, 0.2) is 65.6 Å². The van der Waals surface area contributed by atoms with E-state index in [2.05, 4.69) is 76.9 Å². The van der Waals surface area contributed by atoms with Gasteiger partial charge in [0.1, 0.15) is 0 Å². The van der Waals surface area contributed by atoms with Crippen LogP contribution in [0, 0.1) is 0 Å². The number of nitrogens with zero attached hydrogens (tertiary/aromatic N) is 3. The molecule has 0 saturated heterocycles. The number of hydrogen-bond acceptors (Lipinski definition) is 3. The largest absolute Gasteiger partial charge is 0.472 e. The zero-order valence-corrected chi connectivity index (χ0v) is 16.3. The molecule has 1 atom stereocenters. The van der Waals surface area contributed by atoms with Gasteiger partial charge in [0, 0.05) is 55.9 Å². The predicted octanol–water partition coefficient (Wildman–Crippen LogP) is 4.92. The van der Waals surface area contributed by atoms with Gasteiger partial charge in [-0.2, -0.15) is 0 Å². The first-order valence-corrected chi connectivity index (χ1v) is 10.0. The summed E-state index contributed by atoms with van der Waals surface area (Å²) in [7, 11) is 0. The molecule has 27 heavy (non-hydrogen) atoms. The standard InChI is InChI=1S/C23H29N3O/c1-3-24(4-2)21-10-8-19(9-11-21)17-26-15-6-14-25-13-5-7-22(25)23(26)20-12-16-27-18-20/h5,7-13,16,18,23H,3-4,6,14-15,17H2,1-2H3. The van der Waals surface area contributed by atoms with E-state index in [1.165, 1.54) is 22.5 Å². The lowest BCUT2D eigenvalue weighted by atomic mass is 10.0. The van der Waals surface area contributed by atoms with Crippen LogP contribution in [0.25, 0.3) is 0 Å². The maximum atomic E-state index is 5.42. The van der Waals surface area contributed by atoms with Crippen LogP contribution in [0.4, 0.5) is 5.69 Å². The highest BCUT2D eigenvalue weighted by Crippen LogP contribution is 2.33. The molecule has 1 aromatic carbocycles. The van der Waals surface area contributed by atoms with Gasteiger partial charge in [0.25, 0.3) is 0 Å². The molecular formula is C23H29N3O. The molecule has 4 rings (SSSR count). The first-order chi connectivity index (χ1) is 13.3. The van der Waals surface area contributed by atoms with Crippen molar-refractivity contribution < 1.29 is 4.42 Å². The Kier molecular flexibility index (Phi) is 5.35. The normalized spacial score (nSPS) is 17.5. The molecule has 1 aliphatic heterocycles. The van der Waals surface area contributed by atoms with Gasteiger partial charge in [-0.1, -0.05) is 12.1 Å². The second kappa shape index (κ2) is 8.05. The van der Waals surface area contributed by atoms with Crippen molar-refractivity contribution in [2.75, 3.05) is 24.5 Å². The summed E-state index contributed by atoms with van der Waals surface area (Å²) < 4.78 is 7.81. The van der Waals surface area contributed by atoms with Crippen molar-refractivity contribution in [2.24, 2.45) is 0 Å². The lowest BCUT2D eigenvalue weighted by molar-refractivity contribution is 0.219. The van der Waals surface area contributed by atoms with Crippen molar-refractivity contribution >= 4 is 5.69 Å². The highest BCUT2D eigenvalue weighted by Gasteiger charge is 2.28. The lowest BCUT2D eigenvalue weighted by Crippen LogP contribution is -2.29. The fourth-order valence-electron chi connectivity index (χ4n) is 4.26. The third kappa shape index (κ3) is 3.67. The van der Waals surface area contributed by atoms with Gasteiger partial charge in [0.2, 0.25) is 0 Å². The lowest BCUT2D eigenvalue weighted by Gasteiger charge is -2.30. The van der Waals surface area contributed by atoms with Gasteiger partial charge in [-0.3, -0.25) is 4.90 Å². The van der Waals surface area contributed by atoms with E-state index in [0.717, 1.165) is 39.1 Å². The van der Waals surface area contributed by atoms with Gasteiger partial charge in [-0.15, -0.1) is 0 Å². The van der Waals surface area contributed by atoms with E-state index < -0.39 is 0 Å². The first-order valence-electron chi connectivity index (χ1n) is 10.0. The summed E-state index contributed by atoms with van der Waals surface area (Å²) in [5.74, 6) is 0. The third-order valence-electron chi connectivity index (χ3n) is 5.66. The van der Waals surface area contributed by atoms with Gasteiger partial charge in [-0.05, 0) is 56.2 Å². The molecule has 0 aliphatic carbocycles. The first kappa shape index (κ1) is 17.9. The van der Waals surface area contributed by atoms with E-state index in [1.54, 1.807) is 6.26 Å². The van der Waals surface area contributed by atoms with Crippen LogP contribution < -0.4 is 4.90 Å². The Morgan fingerprint density at radius 3 is 2.56 bits per heavy atom. The summed E-state index contributed by atoms with van der Waals surface area (Å²) in [6.45, 7) is 9.60. The van der Waals surface area contributed by atoms with Gasteiger partial charge in [0.15, 0.2) is 0 Å². The van der Waals surface area contributed by atoms with Gasteiger partial charge in [0.05, 0.1) is 18.6 Å². The van der Waals surface area contributed by atoms with Crippen molar-refractivity contribution in [3.05, 3.63) is 78.0 Å². The molecule has 3 heterocycles. The number of rotatable bonds is 6. The Balaban J connectivity index is 1.60. The minimum atomic E-state index is 0.240. The van der Waals surface area contributed by atoms with Crippen LogP contribution in [0.1, 0.15) is 43.1 Å². The van der Waals surface area contributed by atoms with E-state index in [9.17, 15) is 0 Å². The van der Waals surface area contributed by atoms with Crippen LogP contribution in [0.3, 0.4) is 0 Å². The van der Waals surface area contributed by atoms with Crippen molar-refractivity contribution in [1.29, 1.82) is 0 Å². The van der Waals surface area contributed by atoms with Gasteiger partial charge >= 0.3 is 0 Å². The highest BCUT2D eigenvalue weighted by molar-refractivity contribution is 5.47. The van der Waals surface area contributed by atoms with Crippen LogP contribution >= 0.6 is 0 Å². The molecular weight excluding hydrogens is 334 g/mol. The van der Waals surface area contributed by atoms with Crippen molar-refractivity contribution in [2.45, 2.75) is 39.4 Å². The van der Waals surface area contributed by atoms with Gasteiger partial charge in [-0.25, -0.2) is 0 Å². The molecule has 0 N–H and O–H groups in total. The summed E-state index contributed by atoms with van der Waals surface area (Å²) >= 11 is 0. The minimum Gasteiger partial charge on any atom is -0.472 e. The summed E-state index contributed by atoms with van der Waals surface area (Å²) in [5, 5.41) is 0. The molecule has 2 aromatic heterocycles. The number of aryl methyl sites for hydroxylation is 1. The monoisotopic (exact) mass is 363 g/mol. The van der Waals surface area contributed by atoms with E-state index in [0.29, 0.717) is 0 Å². The molecule has 4 nitrogen and oxygen atoms in total. The zero-order chi connectivity index (χ0) is 18.6. The van der Waals surface area contributed by atoms with Crippen molar-refractivity contribution in [1.82, 2.24) is 9.47 Å². The SMILES string of the molecule is CCN(CC)c1ccc(CN2CCCn3cccc3C2c2ccoc2)cc1. The smallest absolute Gasteiger partial charge is 0.0954 e. The zero-order valence-electron chi connectivity index (χ0n) is 16.3. The molecule has 0 saturated carbocycles. The van der Waals surface area contributed by atoms with Gasteiger partial charge < -0.3 is 13.9 Å². The minimum absolute atomic E-state index is 0.240. The average molecular weight is 364 g/mol. The highest BCUT2D eigenvalue weighted by atomic mass is 16.3. The molecule has 142 valence electrons. The Morgan fingerprint density at radius 1 is 1.04 bits per heavy atom. The molecule has 4 heteroatoms. The molecule has 0 bridgehead atoms. The maximum Gasteiger partial charge on any atom is 0.0954 e. The fraction of sp³-hybridized carbons (Fsp3) is 0.391. The molecule has 0 fully saturated rings. The molecule has 0 spiro atoms. The van der Waals surface area contributed by atoms with E-state index in [1.807, 2.05) is 6.26 Å². The number of fused-ring (bicyclic) bond motifs is 1. The molecule has 0 radical (unpaired) electrons. The number of aromatic nitrogens is 1. The summed E-state index contributed by atoms with van der Waals surface area (Å²) in [6, 6.07) is 15.8. The molecule has 1 aliphatic rings. The second-order valence-electron chi connectivity index (χ2n) is 7.25. The number of anilines is 1. The number of benzene rings is 1. The Hall–Kier alpha value is -2.46. The number of furan rings is 1. The topological polar surface area (TPSA) is 24.6 Å². The van der Waals surface area contributed by atoms with Crippen molar-refractivity contribution in [3.8, 4) is 0 Å². The van der Waals surface area contributed by atoms with E-state index in [-0.39, 0.29) is 6.04 Å². The summed E-state index contributed by atoms with van der Waals surface area (Å²) in [5.41, 5.74) is 5.25. The van der Waals surface area contributed by atoms with Crippen LogP contribution in [-0.4, -0.2) is 29.1 Å². The van der Waals surface area contributed by atoms with Crippen molar-refractivity contribution in [3.63, 3.8) is 0 Å². The van der Waals surface area contributed by atoms with Crippen LogP contribution in [-0.2, 0) is 13.1 Å². The Morgan fingerprint density at radius 2 is 1.85 bits per heavy atom. The fourth-order valence-corrected chi connectivity index (χ4v) is 4.26. The Labute approximate surface area is 162 Å². The maximum absolute atomic E-state index is 5.42. The average Bonchev–Trinajstić information content (AvgIpc) is 3.35. The molecule has 1 unspecified atom stereocenters. The van der Waals surface area contributed by atoms with E-state index >= 15 is 0 Å². The molecule has 3 aromatic rings. The molecule has 0 amide bonds. The Bertz CT molecular complexity index is 831. The predicted molar refractivity (Wildman–Crippen MR) is 110 cm³/mol. The third-order valence-corrected chi connectivity index (χ3v) is 5.66. The van der Waals surface area contributed by atoms with Crippen LogP contribution in [0.2, 0.25) is 0 Å². The van der Waals surface area contributed by atoms with Crippen LogP contribution in [0.5, 0.6) is 0 Å². The number of hydrogen-bond donors (Lipinski definition) is 0. The second-order valence-corrected chi connectivity index (χ2v) is 7.25. The quantitative estimate of drug-likeness (QED) is 0.621. The summed E-state index contributed by atoms with van der Waals surface area (Å²) in [4.78, 5) is 4.97. The summed E-state index contributed by atoms with van der Waals surface area (Å²) in [6.07, 6.45) is 7.03.